The van der Waals surface area contributed by atoms with Crippen molar-refractivity contribution in [2.45, 2.75) is 44.4 Å². The number of anilines is 2. The number of nitrogens with zero attached hydrogens (tertiary/aromatic N) is 1. The van der Waals surface area contributed by atoms with Crippen LogP contribution in [0.15, 0.2) is 71.6 Å². The summed E-state index contributed by atoms with van der Waals surface area (Å²) in [6.45, 7) is 5.84. The molecule has 3 aromatic carbocycles. The van der Waals surface area contributed by atoms with Crippen molar-refractivity contribution in [1.82, 2.24) is 0 Å². The first-order valence-electron chi connectivity index (χ1n) is 11.9. The number of fused-ring (bicyclic) bond motifs is 1. The molecular weight excluding hydrogens is 444 g/mol. The summed E-state index contributed by atoms with van der Waals surface area (Å²) >= 11 is 0. The zero-order valence-electron chi connectivity index (χ0n) is 19.9. The minimum absolute atomic E-state index is 0.0633. The summed E-state index contributed by atoms with van der Waals surface area (Å²) in [5, 5.41) is 2.93. The van der Waals surface area contributed by atoms with Gasteiger partial charge in [-0.05, 0) is 78.8 Å². The Morgan fingerprint density at radius 3 is 2.38 bits per heavy atom. The van der Waals surface area contributed by atoms with Gasteiger partial charge in [-0.25, -0.2) is 8.42 Å². The summed E-state index contributed by atoms with van der Waals surface area (Å²) in [7, 11) is -3.23. The number of hydrogen-bond donors (Lipinski definition) is 1. The third kappa shape index (κ3) is 5.86. The Morgan fingerprint density at radius 2 is 1.68 bits per heavy atom. The Bertz CT molecular complexity index is 1250. The van der Waals surface area contributed by atoms with E-state index in [2.05, 4.69) is 47.5 Å². The molecule has 0 saturated carbocycles. The first kappa shape index (κ1) is 24.0. The monoisotopic (exact) mass is 476 g/mol. The van der Waals surface area contributed by atoms with Gasteiger partial charge in [-0.2, -0.15) is 0 Å². The smallest absolute Gasteiger partial charge is 0.228 e. The molecule has 0 aliphatic carbocycles. The number of benzene rings is 3. The number of aryl methyl sites for hydroxylation is 2. The van der Waals surface area contributed by atoms with Crippen LogP contribution in [0.5, 0.6) is 0 Å². The third-order valence-electron chi connectivity index (χ3n) is 6.39. The third-order valence-corrected chi connectivity index (χ3v) is 8.14. The van der Waals surface area contributed by atoms with E-state index < -0.39 is 9.84 Å². The highest BCUT2D eigenvalue weighted by molar-refractivity contribution is 7.91. The zero-order chi connectivity index (χ0) is 24.1. The molecule has 0 radical (unpaired) electrons. The van der Waals surface area contributed by atoms with Gasteiger partial charge in [0.05, 0.1) is 17.1 Å². The number of sulfone groups is 1. The number of nitrogens with one attached hydrogen (secondary N) is 1. The lowest BCUT2D eigenvalue weighted by molar-refractivity contribution is -0.115. The van der Waals surface area contributed by atoms with Crippen molar-refractivity contribution in [2.24, 2.45) is 0 Å². The molecular formula is C28H32N2O3S. The highest BCUT2D eigenvalue weighted by Gasteiger charge is 2.16. The van der Waals surface area contributed by atoms with Crippen molar-refractivity contribution < 1.29 is 13.2 Å². The lowest BCUT2D eigenvalue weighted by atomic mass is 9.99. The van der Waals surface area contributed by atoms with E-state index in [9.17, 15) is 13.2 Å². The molecule has 34 heavy (non-hydrogen) atoms. The molecule has 0 bridgehead atoms. The molecule has 0 spiro atoms. The Balaban J connectivity index is 1.30. The first-order valence-corrected chi connectivity index (χ1v) is 13.5. The molecule has 0 saturated heterocycles. The minimum atomic E-state index is -3.23. The SMILES string of the molecule is CCS(=O)(=O)c1ccc(CC(=O)Nc2ccc(CCN3CCCc4ccc(C)cc43)cc2)cc1. The van der Waals surface area contributed by atoms with Crippen molar-refractivity contribution in [3.63, 3.8) is 0 Å². The molecule has 1 amide bonds. The fraction of sp³-hybridized carbons (Fsp3) is 0.321. The Labute approximate surface area is 202 Å². The molecule has 1 N–H and O–H groups in total. The van der Waals surface area contributed by atoms with Crippen molar-refractivity contribution in [1.29, 1.82) is 0 Å². The zero-order valence-corrected chi connectivity index (χ0v) is 20.7. The maximum absolute atomic E-state index is 12.4. The molecule has 1 heterocycles. The maximum Gasteiger partial charge on any atom is 0.228 e. The lowest BCUT2D eigenvalue weighted by Gasteiger charge is -2.31. The van der Waals surface area contributed by atoms with Crippen LogP contribution in [0.4, 0.5) is 11.4 Å². The second kappa shape index (κ2) is 10.4. The second-order valence-corrected chi connectivity index (χ2v) is 11.2. The van der Waals surface area contributed by atoms with Gasteiger partial charge in [-0.1, -0.05) is 43.3 Å². The van der Waals surface area contributed by atoms with E-state index in [0.29, 0.717) is 0 Å². The van der Waals surface area contributed by atoms with Gasteiger partial charge in [0.1, 0.15) is 0 Å². The van der Waals surface area contributed by atoms with Crippen LogP contribution >= 0.6 is 0 Å². The van der Waals surface area contributed by atoms with Crippen molar-refractivity contribution in [3.05, 3.63) is 89.0 Å². The van der Waals surface area contributed by atoms with Crippen LogP contribution in [-0.2, 0) is 33.9 Å². The number of amides is 1. The van der Waals surface area contributed by atoms with Crippen LogP contribution in [0, 0.1) is 6.92 Å². The molecule has 178 valence electrons. The van der Waals surface area contributed by atoms with Gasteiger partial charge in [0, 0.05) is 24.5 Å². The van der Waals surface area contributed by atoms with E-state index in [4.69, 9.17) is 0 Å². The first-order chi connectivity index (χ1) is 16.3. The van der Waals surface area contributed by atoms with Gasteiger partial charge in [0.2, 0.25) is 5.91 Å². The summed E-state index contributed by atoms with van der Waals surface area (Å²) in [5.74, 6) is -0.0625. The summed E-state index contributed by atoms with van der Waals surface area (Å²) in [4.78, 5) is 15.2. The van der Waals surface area contributed by atoms with Gasteiger partial charge in [0.25, 0.3) is 0 Å². The molecule has 3 aromatic rings. The van der Waals surface area contributed by atoms with Gasteiger partial charge in [0.15, 0.2) is 9.84 Å². The Hall–Kier alpha value is -3.12. The van der Waals surface area contributed by atoms with Crippen LogP contribution in [0.2, 0.25) is 0 Å². The molecule has 0 unspecified atom stereocenters. The minimum Gasteiger partial charge on any atom is -0.371 e. The standard InChI is InChI=1S/C28H32N2O3S/c1-3-34(32,33)26-14-9-23(10-15-26)20-28(31)29-25-12-7-22(8-13-25)16-18-30-17-4-5-24-11-6-21(2)19-27(24)30/h6-15,19H,3-5,16-18,20H2,1-2H3,(H,29,31). The van der Waals surface area contributed by atoms with Gasteiger partial charge >= 0.3 is 0 Å². The fourth-order valence-electron chi connectivity index (χ4n) is 4.38. The van der Waals surface area contributed by atoms with Crippen molar-refractivity contribution in [2.75, 3.05) is 29.1 Å². The molecule has 0 atom stereocenters. The molecule has 0 fully saturated rings. The Morgan fingerprint density at radius 1 is 0.971 bits per heavy atom. The molecule has 1 aliphatic heterocycles. The van der Waals surface area contributed by atoms with E-state index >= 15 is 0 Å². The maximum atomic E-state index is 12.4. The average molecular weight is 477 g/mol. The number of hydrogen-bond acceptors (Lipinski definition) is 4. The van der Waals surface area contributed by atoms with Crippen LogP contribution < -0.4 is 10.2 Å². The number of rotatable bonds is 8. The molecule has 4 rings (SSSR count). The van der Waals surface area contributed by atoms with Crippen LogP contribution in [0.1, 0.15) is 35.6 Å². The highest BCUT2D eigenvalue weighted by atomic mass is 32.2. The van der Waals surface area contributed by atoms with Gasteiger partial charge in [-0.15, -0.1) is 0 Å². The molecule has 0 aromatic heterocycles. The fourth-order valence-corrected chi connectivity index (χ4v) is 5.27. The number of carbonyl (C=O) groups is 1. The van der Waals surface area contributed by atoms with E-state index in [1.807, 2.05) is 12.1 Å². The van der Waals surface area contributed by atoms with Crippen LogP contribution in [0.3, 0.4) is 0 Å². The van der Waals surface area contributed by atoms with E-state index in [-0.39, 0.29) is 23.0 Å². The van der Waals surface area contributed by atoms with Crippen LogP contribution in [-0.4, -0.2) is 33.2 Å². The second-order valence-electron chi connectivity index (χ2n) is 8.94. The van der Waals surface area contributed by atoms with Gasteiger partial charge < -0.3 is 10.2 Å². The summed E-state index contributed by atoms with van der Waals surface area (Å²) in [6, 6.07) is 21.3. The summed E-state index contributed by atoms with van der Waals surface area (Å²) in [6.07, 6.45) is 3.50. The average Bonchev–Trinajstić information content (AvgIpc) is 2.84. The normalized spacial score (nSPS) is 13.4. The van der Waals surface area contributed by atoms with E-state index in [1.54, 1.807) is 31.2 Å². The van der Waals surface area contributed by atoms with Crippen LogP contribution in [0.25, 0.3) is 0 Å². The largest absolute Gasteiger partial charge is 0.371 e. The predicted octanol–water partition coefficient (Wildman–Crippen LogP) is 4.97. The van der Waals surface area contributed by atoms with E-state index in [1.165, 1.54) is 28.8 Å². The van der Waals surface area contributed by atoms with E-state index in [0.717, 1.165) is 37.2 Å². The quantitative estimate of drug-likeness (QED) is 0.499. The summed E-state index contributed by atoms with van der Waals surface area (Å²) < 4.78 is 23.9. The van der Waals surface area contributed by atoms with Crippen molar-refractivity contribution >= 4 is 27.1 Å². The predicted molar refractivity (Wildman–Crippen MR) is 138 cm³/mol. The number of carbonyl (C=O) groups excluding carboxylic acids is 1. The van der Waals surface area contributed by atoms with Crippen molar-refractivity contribution in [3.8, 4) is 0 Å². The Kier molecular flexibility index (Phi) is 7.37. The molecule has 6 heteroatoms. The van der Waals surface area contributed by atoms with Gasteiger partial charge in [-0.3, -0.25) is 4.79 Å². The topological polar surface area (TPSA) is 66.5 Å². The molecule has 5 nitrogen and oxygen atoms in total. The highest BCUT2D eigenvalue weighted by Crippen LogP contribution is 2.28. The lowest BCUT2D eigenvalue weighted by Crippen LogP contribution is -2.31. The molecule has 1 aliphatic rings. The summed E-state index contributed by atoms with van der Waals surface area (Å²) in [5.41, 5.74) is 6.89.